The van der Waals surface area contributed by atoms with E-state index in [0.717, 1.165) is 30.6 Å². The van der Waals surface area contributed by atoms with Gasteiger partial charge in [0, 0.05) is 24.3 Å². The Morgan fingerprint density at radius 2 is 1.88 bits per heavy atom. The lowest BCUT2D eigenvalue weighted by Crippen LogP contribution is -2.35. The Kier molecular flexibility index (Phi) is 5.68. The zero-order chi connectivity index (χ0) is 17.8. The predicted octanol–water partition coefficient (Wildman–Crippen LogP) is 3.28. The van der Waals surface area contributed by atoms with Gasteiger partial charge in [0.15, 0.2) is 5.11 Å². The number of nitrogens with one attached hydrogen (secondary N) is 1. The van der Waals surface area contributed by atoms with Gasteiger partial charge >= 0.3 is 0 Å². The van der Waals surface area contributed by atoms with E-state index >= 15 is 0 Å². The van der Waals surface area contributed by atoms with E-state index in [1.165, 1.54) is 5.56 Å². The van der Waals surface area contributed by atoms with Gasteiger partial charge in [-0.25, -0.2) is 0 Å². The average Bonchev–Trinajstić information content (AvgIpc) is 3.13. The number of thiocarbonyl (C=S) groups is 1. The van der Waals surface area contributed by atoms with Gasteiger partial charge in [-0.05, 0) is 55.2 Å². The first kappa shape index (κ1) is 17.9. The molecule has 5 heteroatoms. The van der Waals surface area contributed by atoms with E-state index in [-0.39, 0.29) is 6.04 Å². The van der Waals surface area contributed by atoms with E-state index in [4.69, 9.17) is 18.0 Å². The summed E-state index contributed by atoms with van der Waals surface area (Å²) in [4.78, 5) is 1.87. The normalized spacial score (nSPS) is 21.0. The van der Waals surface area contributed by atoms with Gasteiger partial charge in [0.2, 0.25) is 0 Å². The van der Waals surface area contributed by atoms with Crippen molar-refractivity contribution in [1.82, 2.24) is 5.32 Å². The zero-order valence-corrected chi connectivity index (χ0v) is 15.2. The van der Waals surface area contributed by atoms with Crippen LogP contribution in [-0.2, 0) is 0 Å². The second-order valence-corrected chi connectivity index (χ2v) is 6.85. The van der Waals surface area contributed by atoms with Gasteiger partial charge in [-0.1, -0.05) is 42.5 Å². The summed E-state index contributed by atoms with van der Waals surface area (Å²) in [5.74, 6) is 0. The molecule has 0 aromatic heterocycles. The molecular weight excluding hydrogens is 330 g/mol. The number of rotatable bonds is 5. The Balaban J connectivity index is 1.67. The molecule has 1 saturated heterocycles. The van der Waals surface area contributed by atoms with Crippen LogP contribution in [0.25, 0.3) is 0 Å². The number of hydrogen-bond donors (Lipinski definition) is 3. The monoisotopic (exact) mass is 355 g/mol. The molecule has 0 spiro atoms. The minimum absolute atomic E-state index is 0.0638. The number of hydrogen-bond acceptors (Lipinski definition) is 3. The minimum atomic E-state index is -0.525. The maximum atomic E-state index is 10.8. The van der Waals surface area contributed by atoms with Crippen LogP contribution in [0.3, 0.4) is 0 Å². The fourth-order valence-corrected chi connectivity index (χ4v) is 3.75. The molecule has 2 aromatic carbocycles. The van der Waals surface area contributed by atoms with Gasteiger partial charge < -0.3 is 21.1 Å². The van der Waals surface area contributed by atoms with Gasteiger partial charge in [-0.3, -0.25) is 0 Å². The number of anilines is 1. The van der Waals surface area contributed by atoms with E-state index in [9.17, 15) is 5.11 Å². The Morgan fingerprint density at radius 3 is 2.48 bits per heavy atom. The van der Waals surface area contributed by atoms with Crippen molar-refractivity contribution in [2.45, 2.75) is 38.0 Å². The van der Waals surface area contributed by atoms with Crippen molar-refractivity contribution in [3.63, 3.8) is 0 Å². The SMILES string of the molecule is CCN(C(N)=S)c1ccc(C(O)C2CCC(c3ccccc3)N2)cc1. The predicted molar refractivity (Wildman–Crippen MR) is 107 cm³/mol. The maximum absolute atomic E-state index is 10.8. The first-order valence-electron chi connectivity index (χ1n) is 8.76. The molecular formula is C20H25N3OS. The average molecular weight is 356 g/mol. The summed E-state index contributed by atoms with van der Waals surface area (Å²) in [6, 6.07) is 18.6. The van der Waals surface area contributed by atoms with Gasteiger partial charge in [0.25, 0.3) is 0 Å². The van der Waals surface area contributed by atoms with Gasteiger partial charge in [0.1, 0.15) is 0 Å². The zero-order valence-electron chi connectivity index (χ0n) is 14.4. The van der Waals surface area contributed by atoms with Crippen molar-refractivity contribution in [3.8, 4) is 0 Å². The molecule has 3 rings (SSSR count). The fourth-order valence-electron chi connectivity index (χ4n) is 3.52. The van der Waals surface area contributed by atoms with Crippen LogP contribution >= 0.6 is 12.2 Å². The Morgan fingerprint density at radius 1 is 1.20 bits per heavy atom. The van der Waals surface area contributed by atoms with Crippen LogP contribution in [0.2, 0.25) is 0 Å². The van der Waals surface area contributed by atoms with Gasteiger partial charge in [-0.2, -0.15) is 0 Å². The molecule has 0 radical (unpaired) electrons. The topological polar surface area (TPSA) is 61.5 Å². The van der Waals surface area contributed by atoms with Crippen LogP contribution in [0.15, 0.2) is 54.6 Å². The van der Waals surface area contributed by atoms with Gasteiger partial charge in [0.05, 0.1) is 6.10 Å². The summed E-state index contributed by atoms with van der Waals surface area (Å²) in [7, 11) is 0. The molecule has 0 aliphatic carbocycles. The minimum Gasteiger partial charge on any atom is -0.387 e. The number of nitrogens with zero attached hydrogens (tertiary/aromatic N) is 1. The standard InChI is InChI=1S/C20H25N3OS/c1-2-23(20(21)25)16-10-8-15(9-11-16)19(24)18-13-12-17(22-18)14-6-4-3-5-7-14/h3-11,17-19,22,24H,2,12-13H2,1H3,(H2,21,25). The van der Waals surface area contributed by atoms with Crippen molar-refractivity contribution in [3.05, 3.63) is 65.7 Å². The highest BCUT2D eigenvalue weighted by molar-refractivity contribution is 7.80. The van der Waals surface area contributed by atoms with Crippen molar-refractivity contribution in [1.29, 1.82) is 0 Å². The summed E-state index contributed by atoms with van der Waals surface area (Å²) < 4.78 is 0. The molecule has 0 amide bonds. The summed E-state index contributed by atoms with van der Waals surface area (Å²) in [5.41, 5.74) is 8.89. The second kappa shape index (κ2) is 7.95. The maximum Gasteiger partial charge on any atom is 0.170 e. The Labute approximate surface area is 154 Å². The molecule has 1 heterocycles. The first-order chi connectivity index (χ1) is 12.1. The molecule has 0 saturated carbocycles. The quantitative estimate of drug-likeness (QED) is 0.719. The highest BCUT2D eigenvalue weighted by atomic mass is 32.1. The van der Waals surface area contributed by atoms with E-state index in [0.29, 0.717) is 11.2 Å². The number of aliphatic hydroxyl groups is 1. The van der Waals surface area contributed by atoms with E-state index in [1.54, 1.807) is 0 Å². The largest absolute Gasteiger partial charge is 0.387 e. The Bertz CT molecular complexity index is 705. The van der Waals surface area contributed by atoms with Crippen molar-refractivity contribution in [2.75, 3.05) is 11.4 Å². The molecule has 0 bridgehead atoms. The van der Waals surface area contributed by atoms with Crippen LogP contribution < -0.4 is 16.0 Å². The van der Waals surface area contributed by atoms with Crippen LogP contribution in [0, 0.1) is 0 Å². The van der Waals surface area contributed by atoms with E-state index < -0.39 is 6.10 Å². The second-order valence-electron chi connectivity index (χ2n) is 6.43. The van der Waals surface area contributed by atoms with Gasteiger partial charge in [-0.15, -0.1) is 0 Å². The lowest BCUT2D eigenvalue weighted by molar-refractivity contribution is 0.135. The third-order valence-corrected chi connectivity index (χ3v) is 5.11. The van der Waals surface area contributed by atoms with Crippen LogP contribution in [0.1, 0.15) is 43.0 Å². The smallest absolute Gasteiger partial charge is 0.170 e. The summed E-state index contributed by atoms with van der Waals surface area (Å²) in [6.07, 6.45) is 1.47. The van der Waals surface area contributed by atoms with Crippen LogP contribution in [0.5, 0.6) is 0 Å². The van der Waals surface area contributed by atoms with Crippen LogP contribution in [0.4, 0.5) is 5.69 Å². The van der Waals surface area contributed by atoms with Crippen molar-refractivity contribution in [2.24, 2.45) is 5.73 Å². The number of nitrogens with two attached hydrogens (primary N) is 1. The lowest BCUT2D eigenvalue weighted by atomic mass is 10.0. The molecule has 132 valence electrons. The molecule has 25 heavy (non-hydrogen) atoms. The van der Waals surface area contributed by atoms with Crippen molar-refractivity contribution >= 4 is 23.0 Å². The number of aliphatic hydroxyl groups excluding tert-OH is 1. The van der Waals surface area contributed by atoms with Crippen LogP contribution in [-0.4, -0.2) is 22.8 Å². The molecule has 3 atom stereocenters. The highest BCUT2D eigenvalue weighted by Gasteiger charge is 2.30. The molecule has 2 aromatic rings. The van der Waals surface area contributed by atoms with E-state index in [2.05, 4.69) is 29.6 Å². The Hall–Kier alpha value is -1.95. The summed E-state index contributed by atoms with van der Waals surface area (Å²) >= 11 is 5.07. The molecule has 4 N–H and O–H groups in total. The van der Waals surface area contributed by atoms with E-state index in [1.807, 2.05) is 42.2 Å². The molecule has 1 aliphatic rings. The molecule has 3 unspecified atom stereocenters. The van der Waals surface area contributed by atoms with Crippen molar-refractivity contribution < 1.29 is 5.11 Å². The molecule has 4 nitrogen and oxygen atoms in total. The third-order valence-electron chi connectivity index (χ3n) is 4.89. The molecule has 1 fully saturated rings. The third kappa shape index (κ3) is 4.00. The number of benzene rings is 2. The molecule has 1 aliphatic heterocycles. The fraction of sp³-hybridized carbons (Fsp3) is 0.350. The summed E-state index contributed by atoms with van der Waals surface area (Å²) in [5, 5.41) is 14.7. The lowest BCUT2D eigenvalue weighted by Gasteiger charge is -2.23. The first-order valence-corrected chi connectivity index (χ1v) is 9.17. The summed E-state index contributed by atoms with van der Waals surface area (Å²) in [6.45, 7) is 2.73. The highest BCUT2D eigenvalue weighted by Crippen LogP contribution is 2.32.